The second-order valence-electron chi connectivity index (χ2n) is 4.44. The molecule has 20 heavy (non-hydrogen) atoms. The lowest BCUT2D eigenvalue weighted by Crippen LogP contribution is -2.29. The predicted molar refractivity (Wildman–Crippen MR) is 88.4 cm³/mol. The Bertz CT molecular complexity index is 602. The van der Waals surface area contributed by atoms with Gasteiger partial charge in [-0.3, -0.25) is 9.69 Å². The molecule has 0 spiro atoms. The molecule has 0 aliphatic carbocycles. The number of thiophene rings is 1. The molecule has 6 heteroatoms. The molecule has 0 unspecified atom stereocenters. The zero-order chi connectivity index (χ0) is 14.5. The third-order valence-corrected chi connectivity index (χ3v) is 4.42. The molecule has 1 N–H and O–H groups in total. The highest BCUT2D eigenvalue weighted by Crippen LogP contribution is 2.23. The molecule has 0 bridgehead atoms. The smallest absolute Gasteiger partial charge is 0.238 e. The number of carbonyl (C=O) groups excluding carboxylic acids is 1. The Morgan fingerprint density at radius 2 is 2.20 bits per heavy atom. The predicted octanol–water partition coefficient (Wildman–Crippen LogP) is 4.23. The van der Waals surface area contributed by atoms with Gasteiger partial charge in [0.25, 0.3) is 0 Å². The van der Waals surface area contributed by atoms with Crippen LogP contribution in [0.1, 0.15) is 4.88 Å². The second-order valence-corrected chi connectivity index (χ2v) is 7.42. The zero-order valence-electron chi connectivity index (χ0n) is 10.9. The van der Waals surface area contributed by atoms with Crippen molar-refractivity contribution < 1.29 is 4.79 Å². The van der Waals surface area contributed by atoms with Gasteiger partial charge in [0, 0.05) is 22.1 Å². The molecule has 3 nitrogen and oxygen atoms in total. The number of nitrogens with zero attached hydrogens (tertiary/aromatic N) is 1. The average Bonchev–Trinajstić information content (AvgIpc) is 2.74. The van der Waals surface area contributed by atoms with Gasteiger partial charge >= 0.3 is 0 Å². The van der Waals surface area contributed by atoms with Crippen molar-refractivity contribution in [1.29, 1.82) is 0 Å². The highest BCUT2D eigenvalue weighted by atomic mass is 79.9. The van der Waals surface area contributed by atoms with E-state index in [1.807, 2.05) is 30.1 Å². The van der Waals surface area contributed by atoms with Crippen LogP contribution in [0.2, 0.25) is 5.02 Å². The first-order chi connectivity index (χ1) is 9.52. The van der Waals surface area contributed by atoms with Gasteiger partial charge in [-0.25, -0.2) is 0 Å². The molecule has 2 aromatic rings. The number of hydrogen-bond donors (Lipinski definition) is 1. The first-order valence-electron chi connectivity index (χ1n) is 6.01. The van der Waals surface area contributed by atoms with Crippen LogP contribution in [-0.2, 0) is 11.3 Å². The van der Waals surface area contributed by atoms with E-state index in [4.69, 9.17) is 11.6 Å². The summed E-state index contributed by atoms with van der Waals surface area (Å²) < 4.78 is 1.10. The first kappa shape index (κ1) is 15.5. The largest absolute Gasteiger partial charge is 0.325 e. The Morgan fingerprint density at radius 1 is 1.40 bits per heavy atom. The lowest BCUT2D eigenvalue weighted by molar-refractivity contribution is -0.117. The van der Waals surface area contributed by atoms with Crippen molar-refractivity contribution in [2.24, 2.45) is 0 Å². The van der Waals surface area contributed by atoms with Gasteiger partial charge in [0.2, 0.25) is 5.91 Å². The van der Waals surface area contributed by atoms with Gasteiger partial charge < -0.3 is 5.32 Å². The molecular formula is C14H14BrClN2OS. The van der Waals surface area contributed by atoms with E-state index in [9.17, 15) is 4.79 Å². The fourth-order valence-electron chi connectivity index (χ4n) is 1.77. The van der Waals surface area contributed by atoms with Gasteiger partial charge in [0.1, 0.15) is 0 Å². The minimum Gasteiger partial charge on any atom is -0.325 e. The number of anilines is 1. The van der Waals surface area contributed by atoms with Crippen LogP contribution in [-0.4, -0.2) is 24.4 Å². The minimum atomic E-state index is -0.0506. The molecule has 106 valence electrons. The molecule has 1 aromatic carbocycles. The van der Waals surface area contributed by atoms with Crippen molar-refractivity contribution >= 4 is 50.5 Å². The van der Waals surface area contributed by atoms with Gasteiger partial charge in [-0.1, -0.05) is 17.7 Å². The third-order valence-electron chi connectivity index (χ3n) is 2.58. The fourth-order valence-corrected chi connectivity index (χ4v) is 3.52. The number of amides is 1. The minimum absolute atomic E-state index is 0.0506. The Kier molecular flexibility index (Phi) is 5.60. The molecule has 0 atom stereocenters. The van der Waals surface area contributed by atoms with E-state index in [0.717, 1.165) is 16.0 Å². The summed E-state index contributed by atoms with van der Waals surface area (Å²) in [6.07, 6.45) is 0. The molecule has 1 aromatic heterocycles. The van der Waals surface area contributed by atoms with Gasteiger partial charge in [-0.05, 0) is 53.3 Å². The van der Waals surface area contributed by atoms with E-state index in [1.165, 1.54) is 4.88 Å². The van der Waals surface area contributed by atoms with Crippen molar-refractivity contribution in [3.05, 3.63) is 50.1 Å². The monoisotopic (exact) mass is 372 g/mol. The quantitative estimate of drug-likeness (QED) is 0.850. The maximum atomic E-state index is 11.9. The van der Waals surface area contributed by atoms with Gasteiger partial charge in [0.15, 0.2) is 0 Å². The lowest BCUT2D eigenvalue weighted by Gasteiger charge is -2.15. The van der Waals surface area contributed by atoms with E-state index in [1.54, 1.807) is 23.5 Å². The highest BCUT2D eigenvalue weighted by molar-refractivity contribution is 9.11. The van der Waals surface area contributed by atoms with Crippen LogP contribution in [0.5, 0.6) is 0 Å². The normalized spacial score (nSPS) is 10.8. The van der Waals surface area contributed by atoms with Crippen LogP contribution >= 0.6 is 38.9 Å². The van der Waals surface area contributed by atoms with E-state index in [2.05, 4.69) is 27.3 Å². The number of benzene rings is 1. The lowest BCUT2D eigenvalue weighted by atomic mass is 10.3. The van der Waals surface area contributed by atoms with Gasteiger partial charge in [-0.15, -0.1) is 11.3 Å². The average molecular weight is 374 g/mol. The molecular weight excluding hydrogens is 360 g/mol. The number of nitrogens with one attached hydrogen (secondary N) is 1. The van der Waals surface area contributed by atoms with Crippen molar-refractivity contribution in [1.82, 2.24) is 4.90 Å². The Labute approximate surface area is 135 Å². The molecule has 2 rings (SSSR count). The summed E-state index contributed by atoms with van der Waals surface area (Å²) in [5.41, 5.74) is 0.717. The van der Waals surface area contributed by atoms with E-state index in [0.29, 0.717) is 11.6 Å². The number of rotatable bonds is 5. The van der Waals surface area contributed by atoms with Crippen LogP contribution in [0, 0.1) is 0 Å². The summed E-state index contributed by atoms with van der Waals surface area (Å²) in [5.74, 6) is -0.0506. The Hall–Kier alpha value is -0.880. The van der Waals surface area contributed by atoms with Crippen molar-refractivity contribution in [3.8, 4) is 0 Å². The van der Waals surface area contributed by atoms with Crippen LogP contribution in [0.25, 0.3) is 0 Å². The number of hydrogen-bond acceptors (Lipinski definition) is 3. The third kappa shape index (κ3) is 4.90. The molecule has 0 saturated carbocycles. The topological polar surface area (TPSA) is 32.3 Å². The molecule has 0 saturated heterocycles. The summed E-state index contributed by atoms with van der Waals surface area (Å²) in [6, 6.07) is 11.2. The first-order valence-corrected chi connectivity index (χ1v) is 8.00. The van der Waals surface area contributed by atoms with E-state index in [-0.39, 0.29) is 5.91 Å². The molecule has 0 radical (unpaired) electrons. The van der Waals surface area contributed by atoms with Crippen LogP contribution < -0.4 is 5.32 Å². The van der Waals surface area contributed by atoms with E-state index >= 15 is 0 Å². The second kappa shape index (κ2) is 7.22. The fraction of sp³-hybridized carbons (Fsp3) is 0.214. The summed E-state index contributed by atoms with van der Waals surface area (Å²) in [7, 11) is 1.92. The number of likely N-dealkylation sites (N-methyl/N-ethyl adjacent to an activating group) is 1. The Balaban J connectivity index is 1.84. The molecule has 0 fully saturated rings. The van der Waals surface area contributed by atoms with Gasteiger partial charge in [-0.2, -0.15) is 0 Å². The standard InChI is InChI=1S/C14H14BrClN2OS/c1-18(8-12-5-6-13(15)20-12)9-14(19)17-11-4-2-3-10(16)7-11/h2-7H,8-9H2,1H3,(H,17,19). The van der Waals surface area contributed by atoms with Crippen molar-refractivity contribution in [3.63, 3.8) is 0 Å². The highest BCUT2D eigenvalue weighted by Gasteiger charge is 2.09. The Morgan fingerprint density at radius 3 is 2.85 bits per heavy atom. The van der Waals surface area contributed by atoms with Crippen molar-refractivity contribution in [2.45, 2.75) is 6.54 Å². The number of halogens is 2. The summed E-state index contributed by atoms with van der Waals surface area (Å²) >= 11 is 11.0. The summed E-state index contributed by atoms with van der Waals surface area (Å²) in [5, 5.41) is 3.44. The zero-order valence-corrected chi connectivity index (χ0v) is 14.1. The summed E-state index contributed by atoms with van der Waals surface area (Å²) in [4.78, 5) is 15.1. The van der Waals surface area contributed by atoms with E-state index < -0.39 is 0 Å². The molecule has 1 amide bonds. The SMILES string of the molecule is CN(CC(=O)Nc1cccc(Cl)c1)Cc1ccc(Br)s1. The maximum absolute atomic E-state index is 11.9. The molecule has 0 aliphatic rings. The van der Waals surface area contributed by atoms with Crippen LogP contribution in [0.3, 0.4) is 0 Å². The van der Waals surface area contributed by atoms with Gasteiger partial charge in [0.05, 0.1) is 10.3 Å². The molecule has 1 heterocycles. The number of carbonyl (C=O) groups is 1. The van der Waals surface area contributed by atoms with Crippen LogP contribution in [0.15, 0.2) is 40.2 Å². The van der Waals surface area contributed by atoms with Crippen molar-refractivity contribution in [2.75, 3.05) is 18.9 Å². The maximum Gasteiger partial charge on any atom is 0.238 e. The molecule has 0 aliphatic heterocycles. The summed E-state index contributed by atoms with van der Waals surface area (Å²) in [6.45, 7) is 1.08. The van der Waals surface area contributed by atoms with Crippen LogP contribution in [0.4, 0.5) is 5.69 Å².